The van der Waals surface area contributed by atoms with E-state index in [1.807, 2.05) is 62.4 Å². The summed E-state index contributed by atoms with van der Waals surface area (Å²) in [5.74, 6) is 0.361. The maximum absolute atomic E-state index is 12.8. The molecule has 0 aliphatic carbocycles. The Morgan fingerprint density at radius 2 is 1.31 bits per heavy atom. The topological polar surface area (TPSA) is 99.6 Å². The molecule has 0 spiro atoms. The van der Waals surface area contributed by atoms with Gasteiger partial charge >= 0.3 is 5.97 Å². The summed E-state index contributed by atoms with van der Waals surface area (Å²) < 4.78 is 15.8. The first-order valence-corrected chi connectivity index (χ1v) is 11.4. The molecular weight excluding hydrogens is 458 g/mol. The smallest absolute Gasteiger partial charge is 0.338 e. The third-order valence-corrected chi connectivity index (χ3v) is 5.85. The fourth-order valence-electron chi connectivity index (χ4n) is 3.73. The molecule has 0 radical (unpaired) electrons. The molecule has 4 aromatic rings. The summed E-state index contributed by atoms with van der Waals surface area (Å²) in [4.78, 5) is 34.4. The second-order valence-corrected chi connectivity index (χ2v) is 8.22. The zero-order valence-electron chi connectivity index (χ0n) is 20.6. The van der Waals surface area contributed by atoms with Crippen LogP contribution in [0, 0.1) is 13.8 Å². The Bertz CT molecular complexity index is 1340. The van der Waals surface area contributed by atoms with Crippen LogP contribution in [0.5, 0.6) is 11.5 Å². The molecule has 0 aliphatic heterocycles. The SMILES string of the molecule is COc1ccc(C(NC(=O)COC(=O)c2ccc3nc(C)c(C)nc3c2)c2ccc(OC)cc2)cc1. The molecule has 8 heteroatoms. The molecule has 1 amide bonds. The van der Waals surface area contributed by atoms with Gasteiger partial charge in [0.2, 0.25) is 0 Å². The minimum Gasteiger partial charge on any atom is -0.497 e. The number of nitrogens with zero attached hydrogens (tertiary/aromatic N) is 2. The van der Waals surface area contributed by atoms with E-state index in [0.717, 1.165) is 22.5 Å². The van der Waals surface area contributed by atoms with Gasteiger partial charge in [-0.3, -0.25) is 4.79 Å². The van der Waals surface area contributed by atoms with Crippen molar-refractivity contribution in [3.05, 3.63) is 94.8 Å². The minimum atomic E-state index is -0.613. The molecule has 36 heavy (non-hydrogen) atoms. The van der Waals surface area contributed by atoms with Crippen LogP contribution in [0.4, 0.5) is 0 Å². The van der Waals surface area contributed by atoms with E-state index in [9.17, 15) is 9.59 Å². The second-order valence-electron chi connectivity index (χ2n) is 8.22. The first-order chi connectivity index (χ1) is 17.4. The summed E-state index contributed by atoms with van der Waals surface area (Å²) in [5.41, 5.74) is 4.90. The van der Waals surface area contributed by atoms with Gasteiger partial charge in [-0.15, -0.1) is 0 Å². The highest BCUT2D eigenvalue weighted by Gasteiger charge is 2.19. The third-order valence-electron chi connectivity index (χ3n) is 5.85. The number of methoxy groups -OCH3 is 2. The molecule has 3 aromatic carbocycles. The number of aryl methyl sites for hydroxylation is 2. The van der Waals surface area contributed by atoms with Crippen molar-refractivity contribution in [1.29, 1.82) is 0 Å². The van der Waals surface area contributed by atoms with Crippen LogP contribution in [-0.2, 0) is 9.53 Å². The zero-order valence-corrected chi connectivity index (χ0v) is 20.6. The number of nitrogens with one attached hydrogen (secondary N) is 1. The van der Waals surface area contributed by atoms with E-state index in [0.29, 0.717) is 28.1 Å². The lowest BCUT2D eigenvalue weighted by Crippen LogP contribution is -2.33. The van der Waals surface area contributed by atoms with E-state index in [1.165, 1.54) is 0 Å². The van der Waals surface area contributed by atoms with Gasteiger partial charge in [0.05, 0.1) is 48.2 Å². The number of carbonyl (C=O) groups excluding carboxylic acids is 2. The quantitative estimate of drug-likeness (QED) is 0.371. The van der Waals surface area contributed by atoms with Crippen molar-refractivity contribution in [2.24, 2.45) is 0 Å². The molecule has 0 saturated heterocycles. The van der Waals surface area contributed by atoms with Gasteiger partial charge in [0.1, 0.15) is 11.5 Å². The number of hydrogen-bond acceptors (Lipinski definition) is 7. The Labute approximate surface area is 209 Å². The summed E-state index contributed by atoms with van der Waals surface area (Å²) in [7, 11) is 3.19. The molecule has 0 aliphatic rings. The molecular formula is C28H27N3O5. The van der Waals surface area contributed by atoms with Crippen LogP contribution in [0.1, 0.15) is 38.9 Å². The standard InChI is InChI=1S/C28H27N3O5/c1-17-18(2)30-25-15-21(9-14-24(25)29-17)28(33)36-16-26(32)31-27(19-5-10-22(34-3)11-6-19)20-7-12-23(35-4)13-8-20/h5-15,27H,16H2,1-4H3,(H,31,32). The number of hydrogen-bond donors (Lipinski definition) is 1. The molecule has 184 valence electrons. The molecule has 1 heterocycles. The molecule has 0 fully saturated rings. The lowest BCUT2D eigenvalue weighted by molar-refractivity contribution is -0.124. The van der Waals surface area contributed by atoms with Gasteiger partial charge in [0.15, 0.2) is 6.61 Å². The largest absolute Gasteiger partial charge is 0.497 e. The number of aromatic nitrogens is 2. The predicted molar refractivity (Wildman–Crippen MR) is 135 cm³/mol. The number of carbonyl (C=O) groups is 2. The van der Waals surface area contributed by atoms with E-state index in [2.05, 4.69) is 15.3 Å². The molecule has 8 nitrogen and oxygen atoms in total. The molecule has 0 unspecified atom stereocenters. The van der Waals surface area contributed by atoms with Crippen molar-refractivity contribution < 1.29 is 23.8 Å². The molecule has 4 rings (SSSR count). The average molecular weight is 486 g/mol. The summed E-state index contributed by atoms with van der Waals surface area (Å²) in [5, 5.41) is 2.95. The summed E-state index contributed by atoms with van der Waals surface area (Å²) >= 11 is 0. The average Bonchev–Trinajstić information content (AvgIpc) is 2.91. The van der Waals surface area contributed by atoms with Crippen LogP contribution in [-0.4, -0.2) is 42.7 Å². The van der Waals surface area contributed by atoms with Crippen molar-refractivity contribution in [2.45, 2.75) is 19.9 Å². The number of fused-ring (bicyclic) bond motifs is 1. The van der Waals surface area contributed by atoms with E-state index in [1.54, 1.807) is 32.4 Å². The fraction of sp³-hybridized carbons (Fsp3) is 0.214. The molecule has 1 N–H and O–H groups in total. The third kappa shape index (κ3) is 5.60. The van der Waals surface area contributed by atoms with Gasteiger partial charge < -0.3 is 19.5 Å². The molecule has 0 atom stereocenters. The van der Waals surface area contributed by atoms with Crippen LogP contribution in [0.25, 0.3) is 11.0 Å². The van der Waals surface area contributed by atoms with Crippen molar-refractivity contribution in [3.8, 4) is 11.5 Å². The minimum absolute atomic E-state index is 0.301. The van der Waals surface area contributed by atoms with Crippen LogP contribution < -0.4 is 14.8 Å². The Morgan fingerprint density at radius 3 is 1.83 bits per heavy atom. The van der Waals surface area contributed by atoms with Gasteiger partial charge in [-0.1, -0.05) is 24.3 Å². The van der Waals surface area contributed by atoms with Crippen LogP contribution >= 0.6 is 0 Å². The van der Waals surface area contributed by atoms with Crippen molar-refractivity contribution in [3.63, 3.8) is 0 Å². The van der Waals surface area contributed by atoms with Crippen molar-refractivity contribution >= 4 is 22.9 Å². The second kappa shape index (κ2) is 10.9. The first kappa shape index (κ1) is 24.7. The summed E-state index contributed by atoms with van der Waals surface area (Å²) in [6, 6.07) is 19.3. The Hall–Kier alpha value is -4.46. The lowest BCUT2D eigenvalue weighted by Gasteiger charge is -2.20. The van der Waals surface area contributed by atoms with Crippen LogP contribution in [0.2, 0.25) is 0 Å². The first-order valence-electron chi connectivity index (χ1n) is 11.4. The maximum atomic E-state index is 12.8. The zero-order chi connectivity index (χ0) is 25.7. The highest BCUT2D eigenvalue weighted by atomic mass is 16.5. The number of esters is 1. The van der Waals surface area contributed by atoms with Crippen molar-refractivity contribution in [2.75, 3.05) is 20.8 Å². The monoisotopic (exact) mass is 485 g/mol. The van der Waals surface area contributed by atoms with Crippen LogP contribution in [0.15, 0.2) is 66.7 Å². The lowest BCUT2D eigenvalue weighted by atomic mass is 9.98. The molecule has 0 saturated carbocycles. The Morgan fingerprint density at radius 1 is 0.778 bits per heavy atom. The van der Waals surface area contributed by atoms with Gasteiger partial charge in [0.25, 0.3) is 5.91 Å². The molecule has 0 bridgehead atoms. The van der Waals surface area contributed by atoms with E-state index < -0.39 is 24.5 Å². The van der Waals surface area contributed by atoms with E-state index in [-0.39, 0.29) is 0 Å². The highest BCUT2D eigenvalue weighted by molar-refractivity contribution is 5.94. The normalized spacial score (nSPS) is 10.8. The fourth-order valence-corrected chi connectivity index (χ4v) is 3.73. The highest BCUT2D eigenvalue weighted by Crippen LogP contribution is 2.26. The van der Waals surface area contributed by atoms with Gasteiger partial charge in [-0.05, 0) is 67.4 Å². The van der Waals surface area contributed by atoms with E-state index >= 15 is 0 Å². The number of ether oxygens (including phenoxy) is 3. The Balaban J connectivity index is 1.47. The van der Waals surface area contributed by atoms with Crippen LogP contribution in [0.3, 0.4) is 0 Å². The van der Waals surface area contributed by atoms with Crippen molar-refractivity contribution in [1.82, 2.24) is 15.3 Å². The van der Waals surface area contributed by atoms with Gasteiger partial charge in [-0.2, -0.15) is 0 Å². The van der Waals surface area contributed by atoms with Gasteiger partial charge in [-0.25, -0.2) is 14.8 Å². The Kier molecular flexibility index (Phi) is 7.44. The number of benzene rings is 3. The molecule has 1 aromatic heterocycles. The maximum Gasteiger partial charge on any atom is 0.338 e. The number of amides is 1. The summed E-state index contributed by atoms with van der Waals surface area (Å²) in [6.45, 7) is 3.31. The van der Waals surface area contributed by atoms with Gasteiger partial charge in [0, 0.05) is 0 Å². The summed E-state index contributed by atoms with van der Waals surface area (Å²) in [6.07, 6.45) is 0. The van der Waals surface area contributed by atoms with E-state index in [4.69, 9.17) is 14.2 Å². The predicted octanol–water partition coefficient (Wildman–Crippen LogP) is 4.33. The number of rotatable bonds is 8.